The lowest BCUT2D eigenvalue weighted by molar-refractivity contribution is -0.119. The van der Waals surface area contributed by atoms with E-state index in [4.69, 9.17) is 10.5 Å². The highest BCUT2D eigenvalue weighted by atomic mass is 19.1. The van der Waals surface area contributed by atoms with Crippen molar-refractivity contribution in [1.82, 2.24) is 5.32 Å². The van der Waals surface area contributed by atoms with E-state index in [0.29, 0.717) is 17.2 Å². The second kappa shape index (κ2) is 7.02. The zero-order chi connectivity index (χ0) is 18.0. The summed E-state index contributed by atoms with van der Waals surface area (Å²) >= 11 is 0. The average Bonchev–Trinajstić information content (AvgIpc) is 3.43. The van der Waals surface area contributed by atoms with Crippen LogP contribution in [0, 0.1) is 5.92 Å². The van der Waals surface area contributed by atoms with Crippen LogP contribution < -0.4 is 15.8 Å². The van der Waals surface area contributed by atoms with Crippen LogP contribution in [0.5, 0.6) is 5.75 Å². The number of amides is 2. The molecular weight excluding hydrogens is 323 g/mol. The molecule has 136 valence electrons. The van der Waals surface area contributed by atoms with Crippen molar-refractivity contribution in [2.45, 2.75) is 50.5 Å². The van der Waals surface area contributed by atoms with Gasteiger partial charge < -0.3 is 15.8 Å². The number of alkyl halides is 1. The second-order valence-corrected chi connectivity index (χ2v) is 7.35. The lowest BCUT2D eigenvalue weighted by Crippen LogP contribution is -2.50. The Hall–Kier alpha value is -2.11. The molecule has 1 aromatic carbocycles. The molecule has 0 unspecified atom stereocenters. The van der Waals surface area contributed by atoms with Gasteiger partial charge in [-0.25, -0.2) is 4.39 Å². The Bertz CT molecular complexity index is 671. The molecule has 0 spiro atoms. The van der Waals surface area contributed by atoms with E-state index in [1.54, 1.807) is 12.1 Å². The summed E-state index contributed by atoms with van der Waals surface area (Å²) in [6.45, 7) is 1.28. The van der Waals surface area contributed by atoms with Crippen LogP contribution in [-0.4, -0.2) is 30.6 Å². The number of hydrogen-bond acceptors (Lipinski definition) is 3. The van der Waals surface area contributed by atoms with Gasteiger partial charge in [-0.1, -0.05) is 6.07 Å². The van der Waals surface area contributed by atoms with Crippen LogP contribution in [0.15, 0.2) is 18.2 Å². The molecule has 2 saturated carbocycles. The van der Waals surface area contributed by atoms with Crippen molar-refractivity contribution in [2.75, 3.05) is 13.3 Å². The summed E-state index contributed by atoms with van der Waals surface area (Å²) in [5, 5.41) is 2.98. The number of carbonyl (C=O) groups excluding carboxylic acids is 2. The number of benzene rings is 1. The molecule has 3 rings (SSSR count). The van der Waals surface area contributed by atoms with Gasteiger partial charge >= 0.3 is 0 Å². The van der Waals surface area contributed by atoms with Crippen LogP contribution in [0.3, 0.4) is 0 Å². The van der Waals surface area contributed by atoms with Crippen LogP contribution in [-0.2, 0) is 4.79 Å². The molecule has 3 N–H and O–H groups in total. The van der Waals surface area contributed by atoms with E-state index in [2.05, 4.69) is 5.32 Å². The van der Waals surface area contributed by atoms with E-state index in [0.717, 1.165) is 31.2 Å². The SMILES string of the molecule is C[C@@](CC(N)=O)(NC(=O)c1ccc(C2CC2)c(OCCF)c1)C1CC1. The highest BCUT2D eigenvalue weighted by molar-refractivity contribution is 5.95. The minimum absolute atomic E-state index is 0.0216. The molecule has 0 saturated heterocycles. The van der Waals surface area contributed by atoms with Crippen LogP contribution in [0.2, 0.25) is 0 Å². The first-order valence-electron chi connectivity index (χ1n) is 8.86. The predicted molar refractivity (Wildman–Crippen MR) is 92.3 cm³/mol. The van der Waals surface area contributed by atoms with Gasteiger partial charge in [0.15, 0.2) is 0 Å². The maximum atomic E-state index is 12.7. The normalized spacial score (nSPS) is 19.1. The lowest BCUT2D eigenvalue weighted by atomic mass is 9.90. The van der Waals surface area contributed by atoms with Crippen molar-refractivity contribution in [3.05, 3.63) is 29.3 Å². The fourth-order valence-corrected chi connectivity index (χ4v) is 3.39. The summed E-state index contributed by atoms with van der Waals surface area (Å²) in [6.07, 6.45) is 4.27. The summed E-state index contributed by atoms with van der Waals surface area (Å²) < 4.78 is 18.0. The molecule has 0 heterocycles. The molecule has 2 amide bonds. The monoisotopic (exact) mass is 348 g/mol. The third-order valence-corrected chi connectivity index (χ3v) is 5.05. The Morgan fingerprint density at radius 2 is 2.04 bits per heavy atom. The van der Waals surface area contributed by atoms with E-state index in [1.807, 2.05) is 13.0 Å². The number of primary amides is 1. The van der Waals surface area contributed by atoms with Crippen LogP contribution >= 0.6 is 0 Å². The second-order valence-electron chi connectivity index (χ2n) is 7.35. The molecule has 2 fully saturated rings. The molecule has 5 nitrogen and oxygen atoms in total. The largest absolute Gasteiger partial charge is 0.491 e. The van der Waals surface area contributed by atoms with Gasteiger partial charge in [0.1, 0.15) is 19.0 Å². The molecule has 6 heteroatoms. The Labute approximate surface area is 147 Å². The Morgan fingerprint density at radius 3 is 2.60 bits per heavy atom. The van der Waals surface area contributed by atoms with Crippen molar-refractivity contribution < 1.29 is 18.7 Å². The van der Waals surface area contributed by atoms with Crippen LogP contribution in [0.1, 0.15) is 60.9 Å². The van der Waals surface area contributed by atoms with Crippen molar-refractivity contribution in [3.63, 3.8) is 0 Å². The number of hydrogen-bond donors (Lipinski definition) is 2. The summed E-state index contributed by atoms with van der Waals surface area (Å²) in [4.78, 5) is 24.1. The maximum absolute atomic E-state index is 12.7. The van der Waals surface area contributed by atoms with E-state index < -0.39 is 18.1 Å². The van der Waals surface area contributed by atoms with Gasteiger partial charge in [-0.2, -0.15) is 0 Å². The topological polar surface area (TPSA) is 81.4 Å². The number of nitrogens with two attached hydrogens (primary N) is 1. The number of ether oxygens (including phenoxy) is 1. The number of nitrogens with one attached hydrogen (secondary N) is 1. The van der Waals surface area contributed by atoms with Gasteiger partial charge in [0, 0.05) is 17.5 Å². The van der Waals surface area contributed by atoms with Gasteiger partial charge in [0.05, 0.1) is 0 Å². The zero-order valence-electron chi connectivity index (χ0n) is 14.5. The zero-order valence-corrected chi connectivity index (χ0v) is 14.5. The maximum Gasteiger partial charge on any atom is 0.251 e. The molecule has 2 aliphatic rings. The summed E-state index contributed by atoms with van der Waals surface area (Å²) in [7, 11) is 0. The molecular formula is C19H25FN2O3. The number of halogens is 1. The van der Waals surface area contributed by atoms with Gasteiger partial charge in [0.25, 0.3) is 5.91 Å². The van der Waals surface area contributed by atoms with Gasteiger partial charge in [-0.05, 0) is 62.1 Å². The van der Waals surface area contributed by atoms with E-state index in [-0.39, 0.29) is 24.9 Å². The first kappa shape index (κ1) is 17.7. The third kappa shape index (κ3) is 4.30. The number of carbonyl (C=O) groups is 2. The lowest BCUT2D eigenvalue weighted by Gasteiger charge is -2.30. The summed E-state index contributed by atoms with van der Waals surface area (Å²) in [5.74, 6) is 0.611. The molecule has 1 aromatic rings. The molecule has 1 atom stereocenters. The average molecular weight is 348 g/mol. The molecule has 2 aliphatic carbocycles. The third-order valence-electron chi connectivity index (χ3n) is 5.05. The highest BCUT2D eigenvalue weighted by Crippen LogP contribution is 2.45. The van der Waals surface area contributed by atoms with E-state index in [9.17, 15) is 14.0 Å². The molecule has 0 aliphatic heterocycles. The van der Waals surface area contributed by atoms with Gasteiger partial charge in [-0.3, -0.25) is 9.59 Å². The smallest absolute Gasteiger partial charge is 0.251 e. The Balaban J connectivity index is 1.77. The van der Waals surface area contributed by atoms with E-state index >= 15 is 0 Å². The quantitative estimate of drug-likeness (QED) is 0.720. The molecule has 0 radical (unpaired) electrons. The predicted octanol–water partition coefficient (Wildman–Crippen LogP) is 2.69. The van der Waals surface area contributed by atoms with Gasteiger partial charge in [-0.15, -0.1) is 0 Å². The van der Waals surface area contributed by atoms with Crippen molar-refractivity contribution >= 4 is 11.8 Å². The fraction of sp³-hybridized carbons (Fsp3) is 0.579. The van der Waals surface area contributed by atoms with Crippen molar-refractivity contribution in [3.8, 4) is 5.75 Å². The van der Waals surface area contributed by atoms with Crippen molar-refractivity contribution in [1.29, 1.82) is 0 Å². The fourth-order valence-electron chi connectivity index (χ4n) is 3.39. The first-order chi connectivity index (χ1) is 11.9. The molecule has 25 heavy (non-hydrogen) atoms. The number of rotatable bonds is 9. The van der Waals surface area contributed by atoms with Crippen LogP contribution in [0.4, 0.5) is 4.39 Å². The first-order valence-corrected chi connectivity index (χ1v) is 8.86. The van der Waals surface area contributed by atoms with E-state index in [1.165, 1.54) is 0 Å². The van der Waals surface area contributed by atoms with Crippen molar-refractivity contribution in [2.24, 2.45) is 11.7 Å². The summed E-state index contributed by atoms with van der Waals surface area (Å²) in [6, 6.07) is 5.34. The Kier molecular flexibility index (Phi) is 4.97. The Morgan fingerprint density at radius 1 is 1.32 bits per heavy atom. The van der Waals surface area contributed by atoms with Crippen LogP contribution in [0.25, 0.3) is 0 Å². The minimum atomic E-state index is -0.627. The summed E-state index contributed by atoms with van der Waals surface area (Å²) in [5.41, 5.74) is 6.21. The molecule has 0 bridgehead atoms. The van der Waals surface area contributed by atoms with Gasteiger partial charge in [0.2, 0.25) is 5.91 Å². The highest BCUT2D eigenvalue weighted by Gasteiger charge is 2.43. The standard InChI is InChI=1S/C19H25FN2O3/c1-19(11-17(21)23,14-5-6-14)22-18(24)13-4-7-15(12-2-3-12)16(10-13)25-9-8-20/h4,7,10,12,14H,2-3,5-6,8-9,11H2,1H3,(H2,21,23)(H,22,24)/t19-/m0/s1. The molecule has 0 aromatic heterocycles. The minimum Gasteiger partial charge on any atom is -0.491 e.